The van der Waals surface area contributed by atoms with Crippen molar-refractivity contribution in [1.82, 2.24) is 4.98 Å². The summed E-state index contributed by atoms with van der Waals surface area (Å²) in [6.45, 7) is 9.19. The maximum absolute atomic E-state index is 7.12. The van der Waals surface area contributed by atoms with E-state index in [1.807, 2.05) is 56.0 Å². The topological polar surface area (TPSA) is 21.1 Å². The molecule has 0 radical (unpaired) electrons. The SMILES string of the molecule is [C-]#[N+]c1ccc2c(-c3ccncc3C)[n+](C)ccc2c1. The number of pyridine rings is 2. The fourth-order valence-corrected chi connectivity index (χ4v) is 2.50. The molecule has 3 heteroatoms. The molecule has 0 bridgehead atoms. The maximum atomic E-state index is 7.12. The fraction of sp³-hybridized carbons (Fsp3) is 0.118. The predicted molar refractivity (Wildman–Crippen MR) is 79.4 cm³/mol. The molecular weight excluding hydrogens is 246 g/mol. The van der Waals surface area contributed by atoms with E-state index >= 15 is 0 Å². The van der Waals surface area contributed by atoms with E-state index in [2.05, 4.69) is 21.3 Å². The Balaban J connectivity index is 2.38. The zero-order valence-corrected chi connectivity index (χ0v) is 11.5. The average molecular weight is 260 g/mol. The van der Waals surface area contributed by atoms with Gasteiger partial charge in [-0.25, -0.2) is 9.41 Å². The lowest BCUT2D eigenvalue weighted by Gasteiger charge is -2.07. The number of fused-ring (bicyclic) bond motifs is 1. The number of aromatic nitrogens is 2. The summed E-state index contributed by atoms with van der Waals surface area (Å²) < 4.78 is 2.11. The third-order valence-electron chi connectivity index (χ3n) is 3.53. The van der Waals surface area contributed by atoms with Crippen molar-refractivity contribution in [3.05, 3.63) is 65.9 Å². The molecule has 3 rings (SSSR count). The van der Waals surface area contributed by atoms with Gasteiger partial charge < -0.3 is 0 Å². The van der Waals surface area contributed by atoms with Crippen molar-refractivity contribution in [3.8, 4) is 11.3 Å². The van der Waals surface area contributed by atoms with Gasteiger partial charge in [-0.05, 0) is 30.0 Å². The van der Waals surface area contributed by atoms with E-state index in [9.17, 15) is 0 Å². The Morgan fingerprint density at radius 3 is 2.80 bits per heavy atom. The van der Waals surface area contributed by atoms with Crippen LogP contribution in [0.15, 0.2) is 48.9 Å². The summed E-state index contributed by atoms with van der Waals surface area (Å²) >= 11 is 0. The summed E-state index contributed by atoms with van der Waals surface area (Å²) in [5.41, 5.74) is 4.14. The Kier molecular flexibility index (Phi) is 2.92. The van der Waals surface area contributed by atoms with Crippen molar-refractivity contribution in [1.29, 1.82) is 0 Å². The molecule has 2 heterocycles. The number of hydrogen-bond acceptors (Lipinski definition) is 1. The normalized spacial score (nSPS) is 10.4. The van der Waals surface area contributed by atoms with Crippen molar-refractivity contribution in [2.45, 2.75) is 6.92 Å². The molecule has 0 saturated heterocycles. The van der Waals surface area contributed by atoms with E-state index in [-0.39, 0.29) is 0 Å². The molecule has 0 atom stereocenters. The maximum Gasteiger partial charge on any atom is 0.220 e. The predicted octanol–water partition coefficient (Wildman–Crippen LogP) is 3.59. The molecule has 1 aromatic carbocycles. The lowest BCUT2D eigenvalue weighted by molar-refractivity contribution is -0.659. The van der Waals surface area contributed by atoms with Crippen LogP contribution in [0.3, 0.4) is 0 Å². The first-order chi connectivity index (χ1) is 9.70. The quantitative estimate of drug-likeness (QED) is 0.484. The number of nitrogens with zero attached hydrogens (tertiary/aromatic N) is 3. The van der Waals surface area contributed by atoms with E-state index in [0.717, 1.165) is 22.0 Å². The summed E-state index contributed by atoms with van der Waals surface area (Å²) in [6.07, 6.45) is 5.72. The highest BCUT2D eigenvalue weighted by Gasteiger charge is 2.16. The number of benzene rings is 1. The number of hydrogen-bond donors (Lipinski definition) is 0. The summed E-state index contributed by atoms with van der Waals surface area (Å²) in [6, 6.07) is 9.91. The highest BCUT2D eigenvalue weighted by molar-refractivity contribution is 5.95. The molecule has 0 amide bonds. The van der Waals surface area contributed by atoms with Crippen molar-refractivity contribution < 1.29 is 4.57 Å². The molecule has 0 spiro atoms. The van der Waals surface area contributed by atoms with Gasteiger partial charge in [0.15, 0.2) is 11.9 Å². The van der Waals surface area contributed by atoms with Crippen LogP contribution in [0.4, 0.5) is 5.69 Å². The lowest BCUT2D eigenvalue weighted by Crippen LogP contribution is -2.30. The van der Waals surface area contributed by atoms with E-state index in [0.29, 0.717) is 5.69 Å². The van der Waals surface area contributed by atoms with Crippen LogP contribution in [-0.2, 0) is 7.05 Å². The van der Waals surface area contributed by atoms with Gasteiger partial charge in [-0.3, -0.25) is 4.98 Å². The summed E-state index contributed by atoms with van der Waals surface area (Å²) in [5, 5.41) is 2.24. The third-order valence-corrected chi connectivity index (χ3v) is 3.53. The summed E-state index contributed by atoms with van der Waals surface area (Å²) in [7, 11) is 2.04. The second kappa shape index (κ2) is 4.75. The zero-order valence-electron chi connectivity index (χ0n) is 11.5. The van der Waals surface area contributed by atoms with E-state index in [4.69, 9.17) is 6.57 Å². The molecule has 3 nitrogen and oxygen atoms in total. The second-order valence-corrected chi connectivity index (χ2v) is 4.85. The Hall–Kier alpha value is -2.73. The highest BCUT2D eigenvalue weighted by Crippen LogP contribution is 2.29. The standard InChI is InChI=1S/C17H14N3/c1-12-11-19-8-6-15(12)17-16-5-4-14(18-2)10-13(16)7-9-20(17)3/h4-11H,1,3H3/q+1. The molecule has 0 aliphatic heterocycles. The Bertz CT molecular complexity index is 844. The van der Waals surface area contributed by atoms with Crippen molar-refractivity contribution in [3.63, 3.8) is 0 Å². The van der Waals surface area contributed by atoms with Gasteiger partial charge in [0.2, 0.25) is 5.69 Å². The lowest BCUT2D eigenvalue weighted by atomic mass is 10.0. The smallest absolute Gasteiger partial charge is 0.220 e. The first-order valence-electron chi connectivity index (χ1n) is 6.41. The first-order valence-corrected chi connectivity index (χ1v) is 6.41. The number of rotatable bonds is 1. The van der Waals surface area contributed by atoms with Crippen LogP contribution in [-0.4, -0.2) is 4.98 Å². The van der Waals surface area contributed by atoms with Crippen LogP contribution >= 0.6 is 0 Å². The first kappa shape index (κ1) is 12.3. The van der Waals surface area contributed by atoms with Gasteiger partial charge in [0.25, 0.3) is 0 Å². The van der Waals surface area contributed by atoms with Gasteiger partial charge >= 0.3 is 0 Å². The fourth-order valence-electron chi connectivity index (χ4n) is 2.50. The minimum Gasteiger partial charge on any atom is -0.264 e. The van der Waals surface area contributed by atoms with Gasteiger partial charge in [-0.2, -0.15) is 0 Å². The van der Waals surface area contributed by atoms with Crippen LogP contribution in [0.5, 0.6) is 0 Å². The molecule has 0 aliphatic rings. The molecule has 0 aliphatic carbocycles. The van der Waals surface area contributed by atoms with Gasteiger partial charge in [0, 0.05) is 18.5 Å². The molecule has 0 N–H and O–H groups in total. The minimum atomic E-state index is 0.670. The Labute approximate surface area is 118 Å². The monoisotopic (exact) mass is 260 g/mol. The number of aryl methyl sites for hydroxylation is 2. The summed E-state index contributed by atoms with van der Waals surface area (Å²) in [5.74, 6) is 0. The van der Waals surface area contributed by atoms with E-state index in [1.54, 1.807) is 0 Å². The van der Waals surface area contributed by atoms with E-state index in [1.165, 1.54) is 5.56 Å². The highest BCUT2D eigenvalue weighted by atomic mass is 14.9. The van der Waals surface area contributed by atoms with E-state index < -0.39 is 0 Å². The summed E-state index contributed by atoms with van der Waals surface area (Å²) in [4.78, 5) is 7.65. The molecule has 0 saturated carbocycles. The molecular formula is C17H14N3+. The molecule has 20 heavy (non-hydrogen) atoms. The zero-order chi connectivity index (χ0) is 14.1. The average Bonchev–Trinajstić information content (AvgIpc) is 2.48. The van der Waals surface area contributed by atoms with Gasteiger partial charge in [-0.15, -0.1) is 0 Å². The van der Waals surface area contributed by atoms with Crippen molar-refractivity contribution in [2.24, 2.45) is 7.05 Å². The minimum absolute atomic E-state index is 0.670. The molecule has 0 unspecified atom stereocenters. The van der Waals surface area contributed by atoms with Gasteiger partial charge in [0.05, 0.1) is 17.5 Å². The third kappa shape index (κ3) is 1.92. The van der Waals surface area contributed by atoms with Crippen LogP contribution < -0.4 is 4.57 Å². The second-order valence-electron chi connectivity index (χ2n) is 4.85. The van der Waals surface area contributed by atoms with Crippen molar-refractivity contribution >= 4 is 16.5 Å². The Morgan fingerprint density at radius 2 is 2.05 bits per heavy atom. The largest absolute Gasteiger partial charge is 0.264 e. The molecule has 0 fully saturated rings. The molecule has 96 valence electrons. The van der Waals surface area contributed by atoms with Gasteiger partial charge in [0.1, 0.15) is 7.05 Å². The van der Waals surface area contributed by atoms with Crippen LogP contribution in [0.2, 0.25) is 0 Å². The van der Waals surface area contributed by atoms with Crippen LogP contribution in [0.25, 0.3) is 26.9 Å². The molecule has 2 aromatic heterocycles. The van der Waals surface area contributed by atoms with Crippen LogP contribution in [0.1, 0.15) is 5.56 Å². The van der Waals surface area contributed by atoms with Gasteiger partial charge in [-0.1, -0.05) is 12.1 Å². The Morgan fingerprint density at radius 1 is 1.20 bits per heavy atom. The van der Waals surface area contributed by atoms with Crippen LogP contribution in [0, 0.1) is 13.5 Å². The molecule has 3 aromatic rings. The van der Waals surface area contributed by atoms with Crippen molar-refractivity contribution in [2.75, 3.05) is 0 Å².